The molecule has 1 nitrogen and oxygen atoms in total. The number of benzene rings is 1. The van der Waals surface area contributed by atoms with Crippen molar-refractivity contribution < 1.29 is 0 Å². The largest absolute Gasteiger partial charge is 0.327 e. The van der Waals surface area contributed by atoms with Gasteiger partial charge >= 0.3 is 0 Å². The van der Waals surface area contributed by atoms with Crippen molar-refractivity contribution in [3.05, 3.63) is 34.9 Å². The first kappa shape index (κ1) is 11.9. The van der Waals surface area contributed by atoms with Gasteiger partial charge in [0.05, 0.1) is 0 Å². The molecule has 16 heavy (non-hydrogen) atoms. The molecule has 1 aromatic rings. The molecular weight excluding hydrogens is 218 g/mol. The summed E-state index contributed by atoms with van der Waals surface area (Å²) in [6.07, 6.45) is 7.73. The normalized spacial score (nSPS) is 19.6. The third-order valence-corrected chi connectivity index (χ3v) is 3.89. The van der Waals surface area contributed by atoms with Crippen LogP contribution in [0, 0.1) is 5.92 Å². The number of hydrogen-bond donors (Lipinski definition) is 1. The Morgan fingerprint density at radius 2 is 1.75 bits per heavy atom. The van der Waals surface area contributed by atoms with E-state index in [-0.39, 0.29) is 0 Å². The number of rotatable bonds is 3. The fourth-order valence-electron chi connectivity index (χ4n) is 2.62. The average Bonchev–Trinajstić information content (AvgIpc) is 2.33. The molecule has 1 aliphatic carbocycles. The first-order chi connectivity index (χ1) is 7.75. The van der Waals surface area contributed by atoms with Crippen LogP contribution >= 0.6 is 11.6 Å². The highest BCUT2D eigenvalue weighted by atomic mass is 35.5. The molecule has 2 N–H and O–H groups in total. The molecule has 0 aromatic heterocycles. The molecule has 1 fully saturated rings. The monoisotopic (exact) mass is 237 g/mol. The average molecular weight is 238 g/mol. The maximum Gasteiger partial charge on any atom is 0.0406 e. The van der Waals surface area contributed by atoms with E-state index in [9.17, 15) is 0 Å². The van der Waals surface area contributed by atoms with Crippen molar-refractivity contribution >= 4 is 11.6 Å². The minimum absolute atomic E-state index is 0.321. The molecule has 0 spiro atoms. The highest BCUT2D eigenvalue weighted by Gasteiger charge is 2.20. The van der Waals surface area contributed by atoms with Crippen LogP contribution in [0.1, 0.15) is 37.7 Å². The minimum atomic E-state index is 0.321. The van der Waals surface area contributed by atoms with Crippen molar-refractivity contribution in [2.24, 2.45) is 11.7 Å². The van der Waals surface area contributed by atoms with Crippen molar-refractivity contribution in [3.8, 4) is 0 Å². The molecule has 1 aliphatic rings. The first-order valence-electron chi connectivity index (χ1n) is 6.26. The van der Waals surface area contributed by atoms with Crippen LogP contribution in [0.15, 0.2) is 24.3 Å². The van der Waals surface area contributed by atoms with Gasteiger partial charge < -0.3 is 5.73 Å². The van der Waals surface area contributed by atoms with Crippen molar-refractivity contribution in [2.45, 2.75) is 44.6 Å². The van der Waals surface area contributed by atoms with Gasteiger partial charge in [-0.3, -0.25) is 0 Å². The Morgan fingerprint density at radius 1 is 1.12 bits per heavy atom. The van der Waals surface area contributed by atoms with E-state index in [4.69, 9.17) is 17.3 Å². The zero-order valence-corrected chi connectivity index (χ0v) is 10.4. The third-order valence-electron chi connectivity index (χ3n) is 3.64. The van der Waals surface area contributed by atoms with Gasteiger partial charge in [0, 0.05) is 11.1 Å². The smallest absolute Gasteiger partial charge is 0.0406 e. The molecule has 2 heteroatoms. The highest BCUT2D eigenvalue weighted by molar-refractivity contribution is 6.30. The van der Waals surface area contributed by atoms with Crippen LogP contribution in [0.4, 0.5) is 0 Å². The molecule has 0 bridgehead atoms. The topological polar surface area (TPSA) is 26.0 Å². The van der Waals surface area contributed by atoms with Crippen LogP contribution in [-0.4, -0.2) is 6.04 Å². The summed E-state index contributed by atoms with van der Waals surface area (Å²) in [7, 11) is 0. The zero-order valence-electron chi connectivity index (χ0n) is 9.66. The van der Waals surface area contributed by atoms with E-state index < -0.39 is 0 Å². The summed E-state index contributed by atoms with van der Waals surface area (Å²) in [5.41, 5.74) is 7.59. The van der Waals surface area contributed by atoms with E-state index in [1.165, 1.54) is 37.7 Å². The number of nitrogens with two attached hydrogens (primary N) is 1. The maximum atomic E-state index is 6.29. The van der Waals surface area contributed by atoms with Crippen LogP contribution in [-0.2, 0) is 6.42 Å². The quantitative estimate of drug-likeness (QED) is 0.851. The van der Waals surface area contributed by atoms with Crippen molar-refractivity contribution in [1.82, 2.24) is 0 Å². The van der Waals surface area contributed by atoms with E-state index >= 15 is 0 Å². The summed E-state index contributed by atoms with van der Waals surface area (Å²) >= 11 is 5.87. The first-order valence-corrected chi connectivity index (χ1v) is 6.63. The van der Waals surface area contributed by atoms with Crippen LogP contribution in [0.3, 0.4) is 0 Å². The van der Waals surface area contributed by atoms with Crippen molar-refractivity contribution in [2.75, 3.05) is 0 Å². The fraction of sp³-hybridized carbons (Fsp3) is 0.571. The van der Waals surface area contributed by atoms with Crippen LogP contribution in [0.25, 0.3) is 0 Å². The summed E-state index contributed by atoms with van der Waals surface area (Å²) in [5, 5.41) is 0.801. The second-order valence-corrected chi connectivity index (χ2v) is 5.33. The van der Waals surface area contributed by atoms with E-state index in [0.29, 0.717) is 6.04 Å². The molecule has 0 radical (unpaired) electrons. The van der Waals surface area contributed by atoms with Gasteiger partial charge in [0.1, 0.15) is 0 Å². The van der Waals surface area contributed by atoms with Gasteiger partial charge in [-0.2, -0.15) is 0 Å². The predicted octanol–water partition coefficient (Wildman–Crippen LogP) is 3.79. The molecule has 1 atom stereocenters. The lowest BCUT2D eigenvalue weighted by molar-refractivity contribution is 0.303. The molecule has 1 saturated carbocycles. The molecule has 0 heterocycles. The fourth-order valence-corrected chi connectivity index (χ4v) is 2.75. The van der Waals surface area contributed by atoms with Gasteiger partial charge in [-0.05, 0) is 42.9 Å². The molecule has 0 unspecified atom stereocenters. The van der Waals surface area contributed by atoms with Crippen LogP contribution in [0.2, 0.25) is 5.02 Å². The Labute approximate surface area is 103 Å². The van der Waals surface area contributed by atoms with E-state index in [0.717, 1.165) is 17.4 Å². The molecule has 0 aliphatic heterocycles. The van der Waals surface area contributed by atoms with Gasteiger partial charge in [0.2, 0.25) is 0 Å². The minimum Gasteiger partial charge on any atom is -0.327 e. The highest BCUT2D eigenvalue weighted by Crippen LogP contribution is 2.27. The SMILES string of the molecule is N[C@@H](Cc1ccc(Cl)cc1)C1CCCCC1. The molecule has 88 valence electrons. The summed E-state index contributed by atoms with van der Waals surface area (Å²) in [5.74, 6) is 0.726. The molecule has 2 rings (SSSR count). The van der Waals surface area contributed by atoms with Crippen molar-refractivity contribution in [3.63, 3.8) is 0 Å². The number of hydrogen-bond acceptors (Lipinski definition) is 1. The van der Waals surface area contributed by atoms with E-state index in [1.807, 2.05) is 12.1 Å². The van der Waals surface area contributed by atoms with Gasteiger partial charge in [-0.15, -0.1) is 0 Å². The van der Waals surface area contributed by atoms with Crippen molar-refractivity contribution in [1.29, 1.82) is 0 Å². The molecule has 0 amide bonds. The Hall–Kier alpha value is -0.530. The van der Waals surface area contributed by atoms with Gasteiger partial charge in [0.25, 0.3) is 0 Å². The molecular formula is C14H20ClN. The molecule has 1 aromatic carbocycles. The van der Waals surface area contributed by atoms with E-state index in [2.05, 4.69) is 12.1 Å². The summed E-state index contributed by atoms with van der Waals surface area (Å²) in [4.78, 5) is 0. The molecule has 0 saturated heterocycles. The lowest BCUT2D eigenvalue weighted by Crippen LogP contribution is -2.33. The lowest BCUT2D eigenvalue weighted by atomic mass is 9.82. The second-order valence-electron chi connectivity index (χ2n) is 4.89. The van der Waals surface area contributed by atoms with E-state index in [1.54, 1.807) is 0 Å². The third kappa shape index (κ3) is 3.23. The van der Waals surface area contributed by atoms with Crippen LogP contribution < -0.4 is 5.73 Å². The zero-order chi connectivity index (χ0) is 11.4. The Balaban J connectivity index is 1.90. The van der Waals surface area contributed by atoms with Gasteiger partial charge in [-0.25, -0.2) is 0 Å². The Bertz CT molecular complexity index is 314. The standard InChI is InChI=1S/C14H20ClN/c15-13-8-6-11(7-9-13)10-14(16)12-4-2-1-3-5-12/h6-9,12,14H,1-5,10,16H2/t14-/m0/s1. The summed E-state index contributed by atoms with van der Waals surface area (Å²) in [6.45, 7) is 0. The van der Waals surface area contributed by atoms with Gasteiger partial charge in [-0.1, -0.05) is 43.0 Å². The predicted molar refractivity (Wildman–Crippen MR) is 69.7 cm³/mol. The second kappa shape index (κ2) is 5.70. The maximum absolute atomic E-state index is 6.29. The van der Waals surface area contributed by atoms with Gasteiger partial charge in [0.15, 0.2) is 0 Å². The summed E-state index contributed by atoms with van der Waals surface area (Å²) in [6, 6.07) is 8.40. The van der Waals surface area contributed by atoms with Crippen LogP contribution in [0.5, 0.6) is 0 Å². The summed E-state index contributed by atoms with van der Waals surface area (Å²) < 4.78 is 0. The Morgan fingerprint density at radius 3 is 2.38 bits per heavy atom. The Kier molecular flexibility index (Phi) is 4.25. The lowest BCUT2D eigenvalue weighted by Gasteiger charge is -2.27. The number of halogens is 1.